The standard InChI is InChI=1S/C9H19O2P/c1-3-4-5-6-7-8-9(2)12(10)11/h12H,2-8H2,1H3,(H,10,11). The van der Waals surface area contributed by atoms with Gasteiger partial charge < -0.3 is 4.89 Å². The van der Waals surface area contributed by atoms with E-state index >= 15 is 0 Å². The normalized spacial score (nSPS) is 12.8. The zero-order valence-corrected chi connectivity index (χ0v) is 8.81. The molecule has 0 aliphatic rings. The van der Waals surface area contributed by atoms with Crippen LogP contribution in [0, 0.1) is 0 Å². The molecule has 0 spiro atoms. The van der Waals surface area contributed by atoms with E-state index in [0.717, 1.165) is 19.3 Å². The van der Waals surface area contributed by atoms with E-state index in [2.05, 4.69) is 13.5 Å². The first-order chi connectivity index (χ1) is 5.68. The number of allylic oxidation sites excluding steroid dienone is 1. The molecule has 2 nitrogen and oxygen atoms in total. The maximum atomic E-state index is 10.5. The predicted octanol–water partition coefficient (Wildman–Crippen LogP) is 3.33. The molecule has 0 heterocycles. The van der Waals surface area contributed by atoms with Gasteiger partial charge >= 0.3 is 0 Å². The Morgan fingerprint density at radius 2 is 1.92 bits per heavy atom. The maximum Gasteiger partial charge on any atom is 0.213 e. The summed E-state index contributed by atoms with van der Waals surface area (Å²) in [7, 11) is -2.45. The van der Waals surface area contributed by atoms with E-state index < -0.39 is 8.03 Å². The Morgan fingerprint density at radius 1 is 1.33 bits per heavy atom. The Morgan fingerprint density at radius 3 is 2.42 bits per heavy atom. The monoisotopic (exact) mass is 190 g/mol. The van der Waals surface area contributed by atoms with Gasteiger partial charge in [-0.1, -0.05) is 39.2 Å². The molecule has 12 heavy (non-hydrogen) atoms. The van der Waals surface area contributed by atoms with Crippen LogP contribution in [0.3, 0.4) is 0 Å². The summed E-state index contributed by atoms with van der Waals surface area (Å²) in [6, 6.07) is 0. The van der Waals surface area contributed by atoms with E-state index in [1.165, 1.54) is 19.3 Å². The first kappa shape index (κ1) is 11.9. The van der Waals surface area contributed by atoms with Crippen molar-refractivity contribution >= 4 is 8.03 Å². The molecule has 0 aliphatic carbocycles. The van der Waals surface area contributed by atoms with Crippen LogP contribution in [0.4, 0.5) is 0 Å². The third-order valence-corrected chi connectivity index (χ3v) is 2.74. The van der Waals surface area contributed by atoms with Gasteiger partial charge in [-0.15, -0.1) is 0 Å². The molecule has 0 fully saturated rings. The van der Waals surface area contributed by atoms with Gasteiger partial charge in [-0.2, -0.15) is 0 Å². The van der Waals surface area contributed by atoms with Crippen LogP contribution in [0.2, 0.25) is 0 Å². The van der Waals surface area contributed by atoms with Crippen molar-refractivity contribution in [3.8, 4) is 0 Å². The average molecular weight is 190 g/mol. The Kier molecular flexibility index (Phi) is 7.53. The molecule has 1 N–H and O–H groups in total. The van der Waals surface area contributed by atoms with Crippen LogP contribution >= 0.6 is 8.03 Å². The van der Waals surface area contributed by atoms with E-state index in [1.54, 1.807) is 0 Å². The molecule has 0 saturated carbocycles. The first-order valence-electron chi connectivity index (χ1n) is 4.59. The molecule has 0 aromatic heterocycles. The van der Waals surface area contributed by atoms with Crippen LogP contribution in [-0.2, 0) is 4.57 Å². The lowest BCUT2D eigenvalue weighted by Crippen LogP contribution is -1.79. The van der Waals surface area contributed by atoms with Crippen LogP contribution in [0.25, 0.3) is 0 Å². The second-order valence-electron chi connectivity index (χ2n) is 3.07. The molecule has 0 radical (unpaired) electrons. The fourth-order valence-electron chi connectivity index (χ4n) is 1.05. The van der Waals surface area contributed by atoms with E-state index in [4.69, 9.17) is 4.89 Å². The molecule has 0 aliphatic heterocycles. The average Bonchev–Trinajstić information content (AvgIpc) is 2.03. The molecule has 0 saturated heterocycles. The summed E-state index contributed by atoms with van der Waals surface area (Å²) in [5, 5.41) is 0.525. The lowest BCUT2D eigenvalue weighted by molar-refractivity contribution is 0.507. The molecular weight excluding hydrogens is 171 g/mol. The molecule has 3 heteroatoms. The van der Waals surface area contributed by atoms with E-state index in [1.807, 2.05) is 0 Å². The zero-order valence-electron chi connectivity index (χ0n) is 7.81. The topological polar surface area (TPSA) is 37.3 Å². The van der Waals surface area contributed by atoms with Gasteiger partial charge in [0.25, 0.3) is 0 Å². The van der Waals surface area contributed by atoms with Crippen molar-refractivity contribution in [3.63, 3.8) is 0 Å². The molecule has 0 aromatic rings. The summed E-state index contributed by atoms with van der Waals surface area (Å²) < 4.78 is 10.5. The minimum absolute atomic E-state index is 0.525. The van der Waals surface area contributed by atoms with Crippen LogP contribution in [0.1, 0.15) is 45.4 Å². The van der Waals surface area contributed by atoms with E-state index in [-0.39, 0.29) is 0 Å². The Hall–Kier alpha value is -0.0700. The third kappa shape index (κ3) is 6.63. The summed E-state index contributed by atoms with van der Waals surface area (Å²) in [6.45, 7) is 5.73. The second kappa shape index (κ2) is 7.57. The second-order valence-corrected chi connectivity index (χ2v) is 4.39. The lowest BCUT2D eigenvalue weighted by Gasteiger charge is -2.00. The van der Waals surface area contributed by atoms with Crippen molar-refractivity contribution in [3.05, 3.63) is 11.9 Å². The zero-order chi connectivity index (χ0) is 9.40. The maximum absolute atomic E-state index is 10.5. The third-order valence-electron chi connectivity index (χ3n) is 1.88. The molecule has 0 aromatic carbocycles. The summed E-state index contributed by atoms with van der Waals surface area (Å²) in [5.74, 6) is 0. The minimum Gasteiger partial charge on any atom is -0.343 e. The molecule has 1 unspecified atom stereocenters. The quantitative estimate of drug-likeness (QED) is 0.494. The molecule has 1 atom stereocenters. The first-order valence-corrected chi connectivity index (χ1v) is 5.95. The van der Waals surface area contributed by atoms with Gasteiger partial charge in [-0.25, -0.2) is 0 Å². The number of unbranched alkanes of at least 4 members (excludes halogenated alkanes) is 4. The highest BCUT2D eigenvalue weighted by molar-refractivity contribution is 7.43. The van der Waals surface area contributed by atoms with Gasteiger partial charge in [0.1, 0.15) is 0 Å². The van der Waals surface area contributed by atoms with E-state index in [9.17, 15) is 4.57 Å². The highest BCUT2D eigenvalue weighted by atomic mass is 31.1. The molecule has 0 rings (SSSR count). The fourth-order valence-corrected chi connectivity index (χ4v) is 1.44. The van der Waals surface area contributed by atoms with Crippen molar-refractivity contribution in [2.24, 2.45) is 0 Å². The van der Waals surface area contributed by atoms with E-state index in [0.29, 0.717) is 5.31 Å². The van der Waals surface area contributed by atoms with Crippen LogP contribution in [0.5, 0.6) is 0 Å². The molecule has 0 amide bonds. The fraction of sp³-hybridized carbons (Fsp3) is 0.778. The van der Waals surface area contributed by atoms with Gasteiger partial charge in [-0.05, 0) is 12.8 Å². The van der Waals surface area contributed by atoms with Crippen molar-refractivity contribution < 1.29 is 9.46 Å². The molecule has 72 valence electrons. The molecular formula is C9H19O2P. The van der Waals surface area contributed by atoms with Gasteiger partial charge in [0.15, 0.2) is 0 Å². The Balaban J connectivity index is 3.20. The SMILES string of the molecule is C=C(CCCCCCC)[PH](=O)O. The highest BCUT2D eigenvalue weighted by Gasteiger charge is 1.99. The minimum atomic E-state index is -2.45. The van der Waals surface area contributed by atoms with Gasteiger partial charge in [0.05, 0.1) is 0 Å². The smallest absolute Gasteiger partial charge is 0.213 e. The van der Waals surface area contributed by atoms with Crippen LogP contribution in [0.15, 0.2) is 11.9 Å². The van der Waals surface area contributed by atoms with Crippen molar-refractivity contribution in [2.45, 2.75) is 45.4 Å². The lowest BCUT2D eigenvalue weighted by atomic mass is 10.1. The summed E-state index contributed by atoms with van der Waals surface area (Å²) in [5.41, 5.74) is 0. The Bertz CT molecular complexity index is 155. The number of rotatable bonds is 7. The summed E-state index contributed by atoms with van der Waals surface area (Å²) in [4.78, 5) is 8.67. The summed E-state index contributed by atoms with van der Waals surface area (Å²) >= 11 is 0. The highest BCUT2D eigenvalue weighted by Crippen LogP contribution is 2.29. The summed E-state index contributed by atoms with van der Waals surface area (Å²) in [6.07, 6.45) is 6.62. The number of hydrogen-bond donors (Lipinski definition) is 1. The van der Waals surface area contributed by atoms with Gasteiger partial charge in [0.2, 0.25) is 8.03 Å². The van der Waals surface area contributed by atoms with Gasteiger partial charge in [0, 0.05) is 5.31 Å². The van der Waals surface area contributed by atoms with Crippen molar-refractivity contribution in [1.82, 2.24) is 0 Å². The number of hydrogen-bond acceptors (Lipinski definition) is 1. The van der Waals surface area contributed by atoms with Gasteiger partial charge in [-0.3, -0.25) is 4.57 Å². The molecule has 0 bridgehead atoms. The van der Waals surface area contributed by atoms with Crippen molar-refractivity contribution in [2.75, 3.05) is 0 Å². The van der Waals surface area contributed by atoms with Crippen molar-refractivity contribution in [1.29, 1.82) is 0 Å². The Labute approximate surface area is 75.6 Å². The predicted molar refractivity (Wildman–Crippen MR) is 53.7 cm³/mol. The largest absolute Gasteiger partial charge is 0.343 e. The van der Waals surface area contributed by atoms with Crippen LogP contribution < -0.4 is 0 Å². The van der Waals surface area contributed by atoms with Crippen LogP contribution in [-0.4, -0.2) is 4.89 Å².